The summed E-state index contributed by atoms with van der Waals surface area (Å²) in [5.41, 5.74) is 0.375. The van der Waals surface area contributed by atoms with Crippen molar-refractivity contribution < 1.29 is 19.4 Å². The number of rotatable bonds is 10. The number of hydrogen-bond acceptors (Lipinski definition) is 4. The Balaban J connectivity index is 2.13. The van der Waals surface area contributed by atoms with Crippen molar-refractivity contribution in [2.75, 3.05) is 6.61 Å². The van der Waals surface area contributed by atoms with Crippen LogP contribution in [0, 0.1) is 0 Å². The molecule has 1 rings (SSSR count). The second-order valence-corrected chi connectivity index (χ2v) is 5.14. The second-order valence-electron chi connectivity index (χ2n) is 5.14. The molecule has 0 saturated heterocycles. The van der Waals surface area contributed by atoms with Gasteiger partial charge in [0.15, 0.2) is 0 Å². The van der Waals surface area contributed by atoms with Gasteiger partial charge >= 0.3 is 5.97 Å². The second kappa shape index (κ2) is 9.97. The van der Waals surface area contributed by atoms with Crippen LogP contribution in [0.2, 0.25) is 0 Å². The van der Waals surface area contributed by atoms with Crippen LogP contribution in [0.25, 0.3) is 0 Å². The summed E-state index contributed by atoms with van der Waals surface area (Å²) in [6.07, 6.45) is 6.45. The highest BCUT2D eigenvalue weighted by atomic mass is 16.5. The first-order valence-corrected chi connectivity index (χ1v) is 7.61. The Hall–Kier alpha value is -1.84. The number of carbonyl (C=O) groups is 2. The smallest absolute Gasteiger partial charge is 0.338 e. The maximum absolute atomic E-state index is 11.7. The van der Waals surface area contributed by atoms with Gasteiger partial charge in [0.05, 0.1) is 12.2 Å². The fourth-order valence-corrected chi connectivity index (χ4v) is 1.99. The third-order valence-corrected chi connectivity index (χ3v) is 3.28. The van der Waals surface area contributed by atoms with Crippen molar-refractivity contribution in [3.05, 3.63) is 29.8 Å². The summed E-state index contributed by atoms with van der Waals surface area (Å²) in [5, 5.41) is 9.13. The Morgan fingerprint density at radius 3 is 2.33 bits per heavy atom. The van der Waals surface area contributed by atoms with Crippen LogP contribution in [-0.2, 0) is 9.53 Å². The number of ketones is 1. The monoisotopic (exact) mass is 292 g/mol. The quantitative estimate of drug-likeness (QED) is 0.525. The van der Waals surface area contributed by atoms with Crippen LogP contribution < -0.4 is 0 Å². The van der Waals surface area contributed by atoms with Crippen LogP contribution >= 0.6 is 0 Å². The third-order valence-electron chi connectivity index (χ3n) is 3.28. The predicted molar refractivity (Wildman–Crippen MR) is 81.4 cm³/mol. The molecule has 0 fully saturated rings. The lowest BCUT2D eigenvalue weighted by Gasteiger charge is -2.05. The number of ether oxygens (including phenoxy) is 1. The van der Waals surface area contributed by atoms with E-state index in [4.69, 9.17) is 9.84 Å². The molecule has 1 aromatic carbocycles. The first-order valence-electron chi connectivity index (χ1n) is 7.61. The number of phenols is 1. The zero-order valence-electron chi connectivity index (χ0n) is 12.6. The highest BCUT2D eigenvalue weighted by Crippen LogP contribution is 2.11. The topological polar surface area (TPSA) is 63.6 Å². The molecule has 1 aromatic rings. The van der Waals surface area contributed by atoms with Gasteiger partial charge in [0.25, 0.3) is 0 Å². The molecule has 0 radical (unpaired) electrons. The lowest BCUT2D eigenvalue weighted by molar-refractivity contribution is -0.119. The molecule has 1 N–H and O–H groups in total. The summed E-state index contributed by atoms with van der Waals surface area (Å²) in [6.45, 7) is 2.28. The fraction of sp³-hybridized carbons (Fsp3) is 0.529. The molecule has 0 unspecified atom stereocenters. The Labute approximate surface area is 126 Å². The largest absolute Gasteiger partial charge is 0.508 e. The van der Waals surface area contributed by atoms with Gasteiger partial charge in [-0.05, 0) is 30.7 Å². The summed E-state index contributed by atoms with van der Waals surface area (Å²) in [7, 11) is 0. The van der Waals surface area contributed by atoms with Crippen molar-refractivity contribution in [2.45, 2.75) is 51.9 Å². The van der Waals surface area contributed by atoms with Gasteiger partial charge in [-0.2, -0.15) is 0 Å². The molecule has 0 aliphatic heterocycles. The van der Waals surface area contributed by atoms with Gasteiger partial charge in [0, 0.05) is 12.8 Å². The van der Waals surface area contributed by atoms with Crippen molar-refractivity contribution >= 4 is 11.8 Å². The molecule has 116 valence electrons. The van der Waals surface area contributed by atoms with E-state index in [1.807, 2.05) is 0 Å². The van der Waals surface area contributed by atoms with E-state index < -0.39 is 5.97 Å². The van der Waals surface area contributed by atoms with Crippen LogP contribution in [0.1, 0.15) is 62.2 Å². The van der Waals surface area contributed by atoms with E-state index in [9.17, 15) is 9.59 Å². The van der Waals surface area contributed by atoms with Crippen LogP contribution in [-0.4, -0.2) is 23.5 Å². The minimum Gasteiger partial charge on any atom is -0.508 e. The Kier molecular flexibility index (Phi) is 8.17. The average Bonchev–Trinajstić information content (AvgIpc) is 2.47. The zero-order chi connectivity index (χ0) is 15.5. The van der Waals surface area contributed by atoms with Crippen molar-refractivity contribution in [3.8, 4) is 5.75 Å². The molecule has 0 amide bonds. The van der Waals surface area contributed by atoms with E-state index in [1.54, 1.807) is 0 Å². The normalized spacial score (nSPS) is 10.3. The van der Waals surface area contributed by atoms with E-state index in [1.165, 1.54) is 43.5 Å². The van der Waals surface area contributed by atoms with E-state index >= 15 is 0 Å². The molecular weight excluding hydrogens is 268 g/mol. The summed E-state index contributed by atoms with van der Waals surface area (Å²) in [5.74, 6) is -0.222. The number of hydrogen-bond donors (Lipinski definition) is 1. The molecule has 4 nitrogen and oxygen atoms in total. The summed E-state index contributed by atoms with van der Waals surface area (Å²) in [6, 6.07) is 5.84. The minimum atomic E-state index is -0.467. The van der Waals surface area contributed by atoms with E-state index in [-0.39, 0.29) is 24.6 Å². The Morgan fingerprint density at radius 2 is 1.67 bits per heavy atom. The SMILES string of the molecule is CCCCCCCC(=O)CCOC(=O)c1ccc(O)cc1. The van der Waals surface area contributed by atoms with Gasteiger partial charge in [-0.3, -0.25) is 4.79 Å². The molecule has 0 bridgehead atoms. The maximum Gasteiger partial charge on any atom is 0.338 e. The van der Waals surface area contributed by atoms with Crippen LogP contribution in [0.3, 0.4) is 0 Å². The number of phenolic OH excluding ortho intramolecular Hbond substituents is 1. The minimum absolute atomic E-state index is 0.102. The van der Waals surface area contributed by atoms with Crippen LogP contribution in [0.4, 0.5) is 0 Å². The summed E-state index contributed by atoms with van der Waals surface area (Å²) >= 11 is 0. The van der Waals surface area contributed by atoms with E-state index in [0.717, 1.165) is 12.8 Å². The molecule has 4 heteroatoms. The molecule has 0 spiro atoms. The fourth-order valence-electron chi connectivity index (χ4n) is 1.99. The Bertz CT molecular complexity index is 437. The standard InChI is InChI=1S/C17H24O4/c1-2-3-4-5-6-7-15(18)12-13-21-17(20)14-8-10-16(19)11-9-14/h8-11,19H,2-7,12-13H2,1H3. The molecule has 21 heavy (non-hydrogen) atoms. The van der Waals surface area contributed by atoms with Crippen molar-refractivity contribution in [1.82, 2.24) is 0 Å². The predicted octanol–water partition coefficient (Wildman–Crippen LogP) is 3.87. The zero-order valence-corrected chi connectivity index (χ0v) is 12.6. The average molecular weight is 292 g/mol. The lowest BCUT2D eigenvalue weighted by Crippen LogP contribution is -2.10. The van der Waals surface area contributed by atoms with Gasteiger partial charge < -0.3 is 9.84 Å². The van der Waals surface area contributed by atoms with Gasteiger partial charge in [0.1, 0.15) is 11.5 Å². The maximum atomic E-state index is 11.7. The van der Waals surface area contributed by atoms with Gasteiger partial charge in [-0.15, -0.1) is 0 Å². The molecule has 0 saturated carbocycles. The van der Waals surface area contributed by atoms with Crippen LogP contribution in [0.5, 0.6) is 5.75 Å². The molecule has 0 heterocycles. The molecule has 0 aliphatic carbocycles. The molecule has 0 aromatic heterocycles. The lowest BCUT2D eigenvalue weighted by atomic mass is 10.1. The first-order chi connectivity index (χ1) is 10.1. The first kappa shape index (κ1) is 17.2. The highest BCUT2D eigenvalue weighted by Gasteiger charge is 2.08. The number of aromatic hydroxyl groups is 1. The molecular formula is C17H24O4. The number of unbranched alkanes of at least 4 members (excludes halogenated alkanes) is 4. The Morgan fingerprint density at radius 1 is 1.00 bits per heavy atom. The van der Waals surface area contributed by atoms with Crippen molar-refractivity contribution in [3.63, 3.8) is 0 Å². The molecule has 0 aliphatic rings. The third kappa shape index (κ3) is 7.49. The number of carbonyl (C=O) groups excluding carboxylic acids is 2. The van der Waals surface area contributed by atoms with Gasteiger partial charge in [-0.25, -0.2) is 4.79 Å². The summed E-state index contributed by atoms with van der Waals surface area (Å²) in [4.78, 5) is 23.3. The summed E-state index contributed by atoms with van der Waals surface area (Å²) < 4.78 is 5.04. The van der Waals surface area contributed by atoms with E-state index in [2.05, 4.69) is 6.92 Å². The van der Waals surface area contributed by atoms with Crippen molar-refractivity contribution in [1.29, 1.82) is 0 Å². The number of esters is 1. The van der Waals surface area contributed by atoms with Crippen molar-refractivity contribution in [2.24, 2.45) is 0 Å². The molecule has 0 atom stereocenters. The van der Waals surface area contributed by atoms with E-state index in [0.29, 0.717) is 12.0 Å². The number of benzene rings is 1. The number of Topliss-reactive ketones (excluding diaryl/α,β-unsaturated/α-hetero) is 1. The highest BCUT2D eigenvalue weighted by molar-refractivity contribution is 5.89. The van der Waals surface area contributed by atoms with Gasteiger partial charge in [0.2, 0.25) is 0 Å². The van der Waals surface area contributed by atoms with Crippen LogP contribution in [0.15, 0.2) is 24.3 Å². The van der Waals surface area contributed by atoms with Gasteiger partial charge in [-0.1, -0.05) is 32.6 Å².